The molecule has 3 rings (SSSR count). The predicted molar refractivity (Wildman–Crippen MR) is 96.3 cm³/mol. The maximum atomic E-state index is 12.2. The van der Waals surface area contributed by atoms with Crippen LogP contribution in [0.15, 0.2) is 54.6 Å². The number of benzene rings is 2. The quantitative estimate of drug-likeness (QED) is 0.910. The molecule has 0 bridgehead atoms. The summed E-state index contributed by atoms with van der Waals surface area (Å²) in [5.74, 6) is 0.0625. The third kappa shape index (κ3) is 5.16. The summed E-state index contributed by atoms with van der Waals surface area (Å²) in [7, 11) is 0. The van der Waals surface area contributed by atoms with Crippen molar-refractivity contribution in [2.75, 3.05) is 31.6 Å². The van der Waals surface area contributed by atoms with Gasteiger partial charge in [-0.2, -0.15) is 0 Å². The van der Waals surface area contributed by atoms with Gasteiger partial charge in [0.05, 0.1) is 26.1 Å². The van der Waals surface area contributed by atoms with Crippen molar-refractivity contribution in [3.63, 3.8) is 0 Å². The number of hydrogen-bond acceptors (Lipinski definition) is 3. The van der Waals surface area contributed by atoms with Crippen LogP contribution in [0.3, 0.4) is 0 Å². The number of nitrogens with one attached hydrogen (secondary N) is 1. The molecule has 0 radical (unpaired) electrons. The molecule has 5 heteroatoms. The molecule has 1 aliphatic heterocycles. The monoisotopic (exact) mass is 338 g/mol. The van der Waals surface area contributed by atoms with Gasteiger partial charge in [-0.25, -0.2) is 0 Å². The van der Waals surface area contributed by atoms with Crippen LogP contribution in [0, 0.1) is 0 Å². The van der Waals surface area contributed by atoms with E-state index in [9.17, 15) is 9.59 Å². The van der Waals surface area contributed by atoms with Crippen LogP contribution in [0.25, 0.3) is 0 Å². The van der Waals surface area contributed by atoms with Crippen molar-refractivity contribution in [2.24, 2.45) is 0 Å². The maximum Gasteiger partial charge on any atom is 0.228 e. The van der Waals surface area contributed by atoms with Crippen LogP contribution < -0.4 is 5.32 Å². The predicted octanol–water partition coefficient (Wildman–Crippen LogP) is 2.27. The highest BCUT2D eigenvalue weighted by molar-refractivity contribution is 5.92. The fraction of sp³-hybridized carbons (Fsp3) is 0.300. The van der Waals surface area contributed by atoms with Crippen molar-refractivity contribution < 1.29 is 14.3 Å². The standard InChI is InChI=1S/C20H22N2O3/c23-19(14-16-4-2-1-3-5-16)21-18-8-6-17(7-9-18)15-20(24)22-10-12-25-13-11-22/h1-9H,10-15H2,(H,21,23). The Morgan fingerprint density at radius 2 is 1.52 bits per heavy atom. The topological polar surface area (TPSA) is 58.6 Å². The van der Waals surface area contributed by atoms with E-state index in [0.717, 1.165) is 16.8 Å². The molecule has 1 N–H and O–H groups in total. The van der Waals surface area contributed by atoms with Gasteiger partial charge in [0.2, 0.25) is 11.8 Å². The Bertz CT molecular complexity index is 707. The van der Waals surface area contributed by atoms with Crippen molar-refractivity contribution in [1.29, 1.82) is 0 Å². The number of carbonyl (C=O) groups is 2. The Hall–Kier alpha value is -2.66. The molecule has 2 aromatic carbocycles. The molecule has 1 fully saturated rings. The molecule has 1 saturated heterocycles. The van der Waals surface area contributed by atoms with E-state index in [2.05, 4.69) is 5.32 Å². The summed E-state index contributed by atoms with van der Waals surface area (Å²) in [5.41, 5.74) is 2.66. The van der Waals surface area contributed by atoms with E-state index in [4.69, 9.17) is 4.74 Å². The molecule has 130 valence electrons. The molecule has 1 heterocycles. The van der Waals surface area contributed by atoms with Gasteiger partial charge in [0.25, 0.3) is 0 Å². The van der Waals surface area contributed by atoms with Gasteiger partial charge in [0, 0.05) is 18.8 Å². The Labute approximate surface area is 147 Å². The zero-order valence-electron chi connectivity index (χ0n) is 14.1. The normalized spacial score (nSPS) is 14.2. The first-order valence-electron chi connectivity index (χ1n) is 8.49. The number of nitrogens with zero attached hydrogens (tertiary/aromatic N) is 1. The molecule has 2 aromatic rings. The SMILES string of the molecule is O=C(Cc1ccccc1)Nc1ccc(CC(=O)N2CCOCC2)cc1. The highest BCUT2D eigenvalue weighted by Crippen LogP contribution is 2.12. The molecule has 0 spiro atoms. The molecule has 25 heavy (non-hydrogen) atoms. The van der Waals surface area contributed by atoms with Gasteiger partial charge in [-0.1, -0.05) is 42.5 Å². The maximum absolute atomic E-state index is 12.2. The van der Waals surface area contributed by atoms with Crippen LogP contribution in [0.4, 0.5) is 5.69 Å². The lowest BCUT2D eigenvalue weighted by atomic mass is 10.1. The van der Waals surface area contributed by atoms with Gasteiger partial charge < -0.3 is 15.0 Å². The van der Waals surface area contributed by atoms with Crippen molar-refractivity contribution in [1.82, 2.24) is 4.90 Å². The third-order valence-electron chi connectivity index (χ3n) is 4.16. The molecule has 0 unspecified atom stereocenters. The van der Waals surface area contributed by atoms with Crippen LogP contribution in [0.2, 0.25) is 0 Å². The van der Waals surface area contributed by atoms with E-state index in [1.165, 1.54) is 0 Å². The second-order valence-electron chi connectivity index (χ2n) is 6.08. The molecule has 0 aliphatic carbocycles. The minimum Gasteiger partial charge on any atom is -0.378 e. The summed E-state index contributed by atoms with van der Waals surface area (Å²) in [4.78, 5) is 26.1. The smallest absolute Gasteiger partial charge is 0.228 e. The van der Waals surface area contributed by atoms with Crippen LogP contribution in [-0.2, 0) is 27.2 Å². The first kappa shape index (κ1) is 17.2. The van der Waals surface area contributed by atoms with Gasteiger partial charge in [0.15, 0.2) is 0 Å². The lowest BCUT2D eigenvalue weighted by Crippen LogP contribution is -2.41. The van der Waals surface area contributed by atoms with Gasteiger partial charge in [-0.3, -0.25) is 9.59 Å². The summed E-state index contributed by atoms with van der Waals surface area (Å²) >= 11 is 0. The van der Waals surface area contributed by atoms with Crippen LogP contribution >= 0.6 is 0 Å². The number of ether oxygens (including phenoxy) is 1. The molecular weight excluding hydrogens is 316 g/mol. The first-order chi connectivity index (χ1) is 12.2. The number of morpholine rings is 1. The number of anilines is 1. The number of rotatable bonds is 5. The van der Waals surface area contributed by atoms with E-state index in [1.807, 2.05) is 59.5 Å². The minimum atomic E-state index is -0.0525. The molecule has 5 nitrogen and oxygen atoms in total. The van der Waals surface area contributed by atoms with E-state index >= 15 is 0 Å². The van der Waals surface area contributed by atoms with Crippen molar-refractivity contribution in [3.05, 3.63) is 65.7 Å². The number of carbonyl (C=O) groups excluding carboxylic acids is 2. The van der Waals surface area contributed by atoms with Crippen molar-refractivity contribution in [2.45, 2.75) is 12.8 Å². The van der Waals surface area contributed by atoms with Gasteiger partial charge in [0.1, 0.15) is 0 Å². The molecule has 1 aliphatic rings. The largest absolute Gasteiger partial charge is 0.378 e. The van der Waals surface area contributed by atoms with Gasteiger partial charge in [-0.15, -0.1) is 0 Å². The average molecular weight is 338 g/mol. The Balaban J connectivity index is 1.51. The minimum absolute atomic E-state index is 0.0525. The highest BCUT2D eigenvalue weighted by Gasteiger charge is 2.16. The summed E-state index contributed by atoms with van der Waals surface area (Å²) in [5, 5.41) is 2.88. The molecular formula is C20H22N2O3. The van der Waals surface area contributed by atoms with Gasteiger partial charge in [-0.05, 0) is 23.3 Å². The zero-order valence-corrected chi connectivity index (χ0v) is 14.1. The van der Waals surface area contributed by atoms with Gasteiger partial charge >= 0.3 is 0 Å². The summed E-state index contributed by atoms with van der Waals surface area (Å²) in [6.07, 6.45) is 0.719. The fourth-order valence-electron chi connectivity index (χ4n) is 2.79. The molecule has 2 amide bonds. The second-order valence-corrected chi connectivity index (χ2v) is 6.08. The van der Waals surface area contributed by atoms with E-state index in [0.29, 0.717) is 39.1 Å². The fourth-order valence-corrected chi connectivity index (χ4v) is 2.79. The molecule has 0 saturated carbocycles. The lowest BCUT2D eigenvalue weighted by molar-refractivity contribution is -0.134. The van der Waals surface area contributed by atoms with Crippen LogP contribution in [0.5, 0.6) is 0 Å². The van der Waals surface area contributed by atoms with Crippen LogP contribution in [0.1, 0.15) is 11.1 Å². The first-order valence-corrected chi connectivity index (χ1v) is 8.49. The highest BCUT2D eigenvalue weighted by atomic mass is 16.5. The average Bonchev–Trinajstić information content (AvgIpc) is 2.65. The Morgan fingerprint density at radius 1 is 0.880 bits per heavy atom. The van der Waals surface area contributed by atoms with Crippen LogP contribution in [-0.4, -0.2) is 43.0 Å². The lowest BCUT2D eigenvalue weighted by Gasteiger charge is -2.26. The molecule has 0 atom stereocenters. The number of amides is 2. The zero-order chi connectivity index (χ0) is 17.5. The Kier molecular flexibility index (Phi) is 5.80. The van der Waals surface area contributed by atoms with Crippen molar-refractivity contribution >= 4 is 17.5 Å². The summed E-state index contributed by atoms with van der Waals surface area (Å²) < 4.78 is 5.26. The van der Waals surface area contributed by atoms with E-state index in [-0.39, 0.29) is 11.8 Å². The Morgan fingerprint density at radius 3 is 2.20 bits per heavy atom. The van der Waals surface area contributed by atoms with E-state index in [1.54, 1.807) is 0 Å². The summed E-state index contributed by atoms with van der Waals surface area (Å²) in [6.45, 7) is 2.54. The van der Waals surface area contributed by atoms with Crippen molar-refractivity contribution in [3.8, 4) is 0 Å². The summed E-state index contributed by atoms with van der Waals surface area (Å²) in [6, 6.07) is 17.1. The van der Waals surface area contributed by atoms with E-state index < -0.39 is 0 Å². The number of hydrogen-bond donors (Lipinski definition) is 1. The second kappa shape index (κ2) is 8.44. The third-order valence-corrected chi connectivity index (χ3v) is 4.16. The molecule has 0 aromatic heterocycles.